The lowest BCUT2D eigenvalue weighted by molar-refractivity contribution is 0.598. The molecule has 0 saturated heterocycles. The molecular weight excluding hydrogens is 234 g/mol. The van der Waals surface area contributed by atoms with E-state index < -0.39 is 0 Å². The van der Waals surface area contributed by atoms with E-state index >= 15 is 0 Å². The van der Waals surface area contributed by atoms with E-state index in [4.69, 9.17) is 0 Å². The van der Waals surface area contributed by atoms with E-state index in [9.17, 15) is 0 Å². The summed E-state index contributed by atoms with van der Waals surface area (Å²) >= 11 is 0. The van der Waals surface area contributed by atoms with Crippen LogP contribution in [0.3, 0.4) is 0 Å². The minimum absolute atomic E-state index is 0.398. The SMILES string of the molecule is CCCn1ccnc1-c1ccc(C(C)NCC)cc1. The first-order valence-corrected chi connectivity index (χ1v) is 7.11. The summed E-state index contributed by atoms with van der Waals surface area (Å²) in [5.74, 6) is 1.06. The van der Waals surface area contributed by atoms with Gasteiger partial charge in [0.2, 0.25) is 0 Å². The normalized spacial score (nSPS) is 12.6. The Balaban J connectivity index is 2.20. The summed E-state index contributed by atoms with van der Waals surface area (Å²) in [6.07, 6.45) is 5.05. The first kappa shape index (κ1) is 13.8. The smallest absolute Gasteiger partial charge is 0.139 e. The van der Waals surface area contributed by atoms with Crippen molar-refractivity contribution in [3.63, 3.8) is 0 Å². The number of hydrogen-bond donors (Lipinski definition) is 1. The average Bonchev–Trinajstić information content (AvgIpc) is 2.88. The summed E-state index contributed by atoms with van der Waals surface area (Å²) in [7, 11) is 0. The molecule has 0 aliphatic heterocycles. The van der Waals surface area contributed by atoms with Crippen molar-refractivity contribution < 1.29 is 0 Å². The van der Waals surface area contributed by atoms with Gasteiger partial charge in [-0.25, -0.2) is 4.98 Å². The van der Waals surface area contributed by atoms with Crippen LogP contribution in [0.1, 0.15) is 38.8 Å². The zero-order valence-electron chi connectivity index (χ0n) is 12.1. The second-order valence-electron chi connectivity index (χ2n) is 4.85. The predicted molar refractivity (Wildman–Crippen MR) is 80.0 cm³/mol. The van der Waals surface area contributed by atoms with Gasteiger partial charge in [0, 0.05) is 30.5 Å². The number of benzene rings is 1. The minimum atomic E-state index is 0.398. The van der Waals surface area contributed by atoms with Crippen LogP contribution in [0.5, 0.6) is 0 Å². The Bertz CT molecular complexity index is 499. The molecule has 0 fully saturated rings. The molecule has 0 amide bonds. The van der Waals surface area contributed by atoms with E-state index in [1.165, 1.54) is 11.1 Å². The van der Waals surface area contributed by atoms with Crippen LogP contribution in [0, 0.1) is 0 Å². The van der Waals surface area contributed by atoms with Crippen LogP contribution in [0.4, 0.5) is 0 Å². The highest BCUT2D eigenvalue weighted by molar-refractivity contribution is 5.56. The highest BCUT2D eigenvalue weighted by Crippen LogP contribution is 2.21. The lowest BCUT2D eigenvalue weighted by atomic mass is 10.1. The number of nitrogens with zero attached hydrogens (tertiary/aromatic N) is 2. The summed E-state index contributed by atoms with van der Waals surface area (Å²) in [6.45, 7) is 8.52. The molecule has 2 rings (SSSR count). The van der Waals surface area contributed by atoms with Crippen LogP contribution in [-0.2, 0) is 6.54 Å². The number of aromatic nitrogens is 2. The molecule has 1 aromatic carbocycles. The fourth-order valence-corrected chi connectivity index (χ4v) is 2.34. The Morgan fingerprint density at radius 2 is 1.95 bits per heavy atom. The Morgan fingerprint density at radius 1 is 1.21 bits per heavy atom. The van der Waals surface area contributed by atoms with Crippen LogP contribution in [0.15, 0.2) is 36.7 Å². The quantitative estimate of drug-likeness (QED) is 0.856. The summed E-state index contributed by atoms with van der Waals surface area (Å²) in [5, 5.41) is 3.43. The summed E-state index contributed by atoms with van der Waals surface area (Å²) in [6, 6.07) is 9.10. The minimum Gasteiger partial charge on any atom is -0.331 e. The van der Waals surface area contributed by atoms with Gasteiger partial charge in [-0.15, -0.1) is 0 Å². The third-order valence-corrected chi connectivity index (χ3v) is 3.36. The summed E-state index contributed by atoms with van der Waals surface area (Å²) in [4.78, 5) is 4.46. The maximum Gasteiger partial charge on any atom is 0.139 e. The van der Waals surface area contributed by atoms with Crippen LogP contribution >= 0.6 is 0 Å². The Hall–Kier alpha value is -1.61. The summed E-state index contributed by atoms with van der Waals surface area (Å²) < 4.78 is 2.21. The van der Waals surface area contributed by atoms with Gasteiger partial charge in [0.25, 0.3) is 0 Å². The lowest BCUT2D eigenvalue weighted by Gasteiger charge is -2.13. The van der Waals surface area contributed by atoms with E-state index in [-0.39, 0.29) is 0 Å². The number of hydrogen-bond acceptors (Lipinski definition) is 2. The van der Waals surface area contributed by atoms with Crippen LogP contribution < -0.4 is 5.32 Å². The Kier molecular flexibility index (Phi) is 4.74. The highest BCUT2D eigenvalue weighted by atomic mass is 15.1. The van der Waals surface area contributed by atoms with Crippen molar-refractivity contribution >= 4 is 0 Å². The molecule has 2 aromatic rings. The molecule has 1 N–H and O–H groups in total. The van der Waals surface area contributed by atoms with Crippen molar-refractivity contribution in [2.24, 2.45) is 0 Å². The zero-order valence-corrected chi connectivity index (χ0v) is 12.1. The van der Waals surface area contributed by atoms with Gasteiger partial charge < -0.3 is 9.88 Å². The molecule has 3 heteroatoms. The molecule has 0 aliphatic carbocycles. The standard InChI is InChI=1S/C16H23N3/c1-4-11-19-12-10-18-16(19)15-8-6-14(7-9-15)13(3)17-5-2/h6-10,12-13,17H,4-5,11H2,1-3H3. The molecule has 0 bridgehead atoms. The van der Waals surface area contributed by atoms with Gasteiger partial charge in [0.15, 0.2) is 0 Å². The van der Waals surface area contributed by atoms with Crippen LogP contribution in [-0.4, -0.2) is 16.1 Å². The third kappa shape index (κ3) is 3.24. The maximum absolute atomic E-state index is 4.46. The molecule has 1 atom stereocenters. The Morgan fingerprint density at radius 3 is 2.58 bits per heavy atom. The van der Waals surface area contributed by atoms with Crippen molar-refractivity contribution in [2.45, 2.75) is 39.8 Å². The van der Waals surface area contributed by atoms with Crippen molar-refractivity contribution in [3.8, 4) is 11.4 Å². The zero-order chi connectivity index (χ0) is 13.7. The monoisotopic (exact) mass is 257 g/mol. The fraction of sp³-hybridized carbons (Fsp3) is 0.438. The van der Waals surface area contributed by atoms with Gasteiger partial charge in [0.05, 0.1) is 0 Å². The van der Waals surface area contributed by atoms with E-state index in [0.717, 1.165) is 25.3 Å². The maximum atomic E-state index is 4.46. The largest absolute Gasteiger partial charge is 0.331 e. The average molecular weight is 257 g/mol. The first-order valence-electron chi connectivity index (χ1n) is 7.11. The van der Waals surface area contributed by atoms with Gasteiger partial charge in [-0.2, -0.15) is 0 Å². The van der Waals surface area contributed by atoms with E-state index in [2.05, 4.69) is 59.9 Å². The number of rotatable bonds is 6. The predicted octanol–water partition coefficient (Wildman–Crippen LogP) is 3.63. The lowest BCUT2D eigenvalue weighted by Crippen LogP contribution is -2.17. The first-order chi connectivity index (χ1) is 9.26. The summed E-state index contributed by atoms with van der Waals surface area (Å²) in [5.41, 5.74) is 2.50. The third-order valence-electron chi connectivity index (χ3n) is 3.36. The second kappa shape index (κ2) is 6.53. The molecule has 0 spiro atoms. The number of aryl methyl sites for hydroxylation is 1. The van der Waals surface area contributed by atoms with Gasteiger partial charge in [-0.3, -0.25) is 0 Å². The molecule has 1 unspecified atom stereocenters. The topological polar surface area (TPSA) is 29.9 Å². The molecule has 0 saturated carbocycles. The van der Waals surface area contributed by atoms with Crippen LogP contribution in [0.25, 0.3) is 11.4 Å². The van der Waals surface area contributed by atoms with Crippen molar-refractivity contribution in [1.29, 1.82) is 0 Å². The van der Waals surface area contributed by atoms with Crippen molar-refractivity contribution in [2.75, 3.05) is 6.54 Å². The van der Waals surface area contributed by atoms with Gasteiger partial charge in [0.1, 0.15) is 5.82 Å². The fourth-order valence-electron chi connectivity index (χ4n) is 2.34. The van der Waals surface area contributed by atoms with E-state index in [0.29, 0.717) is 6.04 Å². The highest BCUT2D eigenvalue weighted by Gasteiger charge is 2.07. The molecule has 102 valence electrons. The molecule has 0 radical (unpaired) electrons. The van der Waals surface area contributed by atoms with Gasteiger partial charge >= 0.3 is 0 Å². The van der Waals surface area contributed by atoms with Crippen LogP contribution in [0.2, 0.25) is 0 Å². The Labute approximate surface area is 115 Å². The molecular formula is C16H23N3. The van der Waals surface area contributed by atoms with Crippen molar-refractivity contribution in [1.82, 2.24) is 14.9 Å². The van der Waals surface area contributed by atoms with E-state index in [1.807, 2.05) is 12.4 Å². The number of nitrogens with one attached hydrogen (secondary N) is 1. The molecule has 0 aliphatic rings. The second-order valence-corrected chi connectivity index (χ2v) is 4.85. The van der Waals surface area contributed by atoms with Gasteiger partial charge in [-0.05, 0) is 25.5 Å². The number of imidazole rings is 1. The molecule has 3 nitrogen and oxygen atoms in total. The van der Waals surface area contributed by atoms with Gasteiger partial charge in [-0.1, -0.05) is 38.1 Å². The molecule has 1 heterocycles. The molecule has 19 heavy (non-hydrogen) atoms. The molecule has 1 aromatic heterocycles. The van der Waals surface area contributed by atoms with Crippen molar-refractivity contribution in [3.05, 3.63) is 42.2 Å². The van der Waals surface area contributed by atoms with E-state index in [1.54, 1.807) is 0 Å².